The van der Waals surface area contributed by atoms with Gasteiger partial charge in [-0.25, -0.2) is 4.39 Å². The van der Waals surface area contributed by atoms with Gasteiger partial charge in [0.15, 0.2) is 0 Å². The minimum Gasteiger partial charge on any atom is -0.481 e. The number of rotatable bonds is 5. The maximum atomic E-state index is 13.5. The highest BCUT2D eigenvalue weighted by Crippen LogP contribution is 2.31. The molecular weight excluding hydrogens is 403 g/mol. The fraction of sp³-hybridized carbons (Fsp3) is 0.368. The van der Waals surface area contributed by atoms with Crippen LogP contribution in [-0.4, -0.2) is 44.1 Å². The van der Waals surface area contributed by atoms with Gasteiger partial charge in [0.25, 0.3) is 5.91 Å². The molecule has 8 nitrogen and oxygen atoms in total. The Morgan fingerprint density at radius 2 is 2.00 bits per heavy atom. The quantitative estimate of drug-likeness (QED) is 0.766. The van der Waals surface area contributed by atoms with Crippen LogP contribution in [0.2, 0.25) is 5.02 Å². The highest BCUT2D eigenvalue weighted by molar-refractivity contribution is 6.31. The smallest absolute Gasteiger partial charge is 0.309 e. The van der Waals surface area contributed by atoms with Crippen LogP contribution in [0.25, 0.3) is 11.3 Å². The van der Waals surface area contributed by atoms with Crippen molar-refractivity contribution in [2.24, 2.45) is 11.1 Å². The van der Waals surface area contributed by atoms with Crippen LogP contribution < -0.4 is 5.73 Å². The Hall–Kier alpha value is -2.94. The van der Waals surface area contributed by atoms with E-state index < -0.39 is 23.1 Å². The molecule has 154 valence electrons. The van der Waals surface area contributed by atoms with E-state index >= 15 is 0 Å². The van der Waals surface area contributed by atoms with E-state index in [1.807, 2.05) is 0 Å². The second-order valence-electron chi connectivity index (χ2n) is 7.57. The van der Waals surface area contributed by atoms with E-state index in [4.69, 9.17) is 17.3 Å². The van der Waals surface area contributed by atoms with E-state index in [2.05, 4.69) is 5.10 Å². The van der Waals surface area contributed by atoms with Crippen molar-refractivity contribution in [1.82, 2.24) is 14.7 Å². The first kappa shape index (κ1) is 20.8. The number of aromatic nitrogens is 2. The van der Waals surface area contributed by atoms with Gasteiger partial charge >= 0.3 is 5.97 Å². The Labute approximate surface area is 171 Å². The summed E-state index contributed by atoms with van der Waals surface area (Å²) in [5.74, 6) is -2.74. The molecule has 0 atom stereocenters. The molecule has 10 heteroatoms. The van der Waals surface area contributed by atoms with Crippen LogP contribution in [0.4, 0.5) is 4.39 Å². The molecular formula is C19H20ClFN4O4. The van der Waals surface area contributed by atoms with Crippen molar-refractivity contribution in [3.8, 4) is 11.3 Å². The Balaban J connectivity index is 1.95. The van der Waals surface area contributed by atoms with Gasteiger partial charge < -0.3 is 15.7 Å². The van der Waals surface area contributed by atoms with Crippen molar-refractivity contribution in [3.63, 3.8) is 0 Å². The van der Waals surface area contributed by atoms with Crippen LogP contribution in [-0.2, 0) is 22.7 Å². The molecule has 0 unspecified atom stereocenters. The number of carboxylic acids is 1. The van der Waals surface area contributed by atoms with Crippen LogP contribution in [0.1, 0.15) is 36.3 Å². The highest BCUT2D eigenvalue weighted by Gasteiger charge is 2.35. The number of nitrogens with zero attached hydrogens (tertiary/aromatic N) is 3. The zero-order valence-corrected chi connectivity index (χ0v) is 16.7. The monoisotopic (exact) mass is 422 g/mol. The molecule has 0 aliphatic carbocycles. The molecule has 0 spiro atoms. The molecule has 2 aromatic rings. The summed E-state index contributed by atoms with van der Waals surface area (Å²) in [5, 5.41) is 13.5. The molecule has 0 radical (unpaired) electrons. The molecule has 3 rings (SSSR count). The molecule has 0 saturated carbocycles. The minimum atomic E-state index is -1.21. The number of hydrogen-bond acceptors (Lipinski definition) is 4. The molecule has 3 N–H and O–H groups in total. The maximum absolute atomic E-state index is 13.5. The van der Waals surface area contributed by atoms with Crippen LogP contribution in [0.3, 0.4) is 0 Å². The lowest BCUT2D eigenvalue weighted by Crippen LogP contribution is -2.42. The van der Waals surface area contributed by atoms with E-state index in [9.17, 15) is 23.9 Å². The van der Waals surface area contributed by atoms with E-state index in [-0.39, 0.29) is 35.2 Å². The SMILES string of the molecule is CC(C)(CC(=O)N1CCn2nc(-c3ccc(F)c(Cl)c3)c(C(N)=O)c2C1)C(=O)O. The number of nitrogens with two attached hydrogens (primary N) is 1. The summed E-state index contributed by atoms with van der Waals surface area (Å²) in [6, 6.07) is 3.97. The number of carboxylic acid groups (broad SMARTS) is 1. The zero-order chi connectivity index (χ0) is 21.5. The van der Waals surface area contributed by atoms with Crippen LogP contribution in [0.5, 0.6) is 0 Å². The average Bonchev–Trinajstić information content (AvgIpc) is 3.02. The molecule has 1 aromatic carbocycles. The van der Waals surface area contributed by atoms with Crippen molar-refractivity contribution in [2.45, 2.75) is 33.4 Å². The van der Waals surface area contributed by atoms with Crippen molar-refractivity contribution in [2.75, 3.05) is 6.54 Å². The third kappa shape index (κ3) is 3.95. The number of aliphatic carboxylic acids is 1. The van der Waals surface area contributed by atoms with E-state index in [0.717, 1.165) is 0 Å². The number of fused-ring (bicyclic) bond motifs is 1. The molecule has 1 aromatic heterocycles. The first-order valence-electron chi connectivity index (χ1n) is 8.87. The number of benzene rings is 1. The molecule has 2 heterocycles. The van der Waals surface area contributed by atoms with Crippen molar-refractivity contribution in [3.05, 3.63) is 40.3 Å². The topological polar surface area (TPSA) is 119 Å². The molecule has 29 heavy (non-hydrogen) atoms. The van der Waals surface area contributed by atoms with Crippen molar-refractivity contribution >= 4 is 29.4 Å². The van der Waals surface area contributed by atoms with Gasteiger partial charge in [0.1, 0.15) is 11.5 Å². The summed E-state index contributed by atoms with van der Waals surface area (Å²) in [6.07, 6.45) is -0.178. The van der Waals surface area contributed by atoms with Gasteiger partial charge in [-0.15, -0.1) is 0 Å². The maximum Gasteiger partial charge on any atom is 0.309 e. The second kappa shape index (κ2) is 7.47. The molecule has 0 bridgehead atoms. The lowest BCUT2D eigenvalue weighted by molar-refractivity contribution is -0.151. The summed E-state index contributed by atoms with van der Waals surface area (Å²) in [6.45, 7) is 3.64. The lowest BCUT2D eigenvalue weighted by atomic mass is 9.89. The Kier molecular flexibility index (Phi) is 5.36. The molecule has 0 fully saturated rings. The molecule has 0 saturated heterocycles. The highest BCUT2D eigenvalue weighted by atomic mass is 35.5. The standard InChI is InChI=1S/C19H20ClFN4O4/c1-19(2,18(28)29)8-14(26)24-5-6-25-13(9-24)15(17(22)27)16(23-25)10-3-4-12(21)11(20)7-10/h3-4,7H,5-6,8-9H2,1-2H3,(H2,22,27)(H,28,29). The van der Waals surface area contributed by atoms with Crippen LogP contribution >= 0.6 is 11.6 Å². The summed E-state index contributed by atoms with van der Waals surface area (Å²) >= 11 is 5.85. The van der Waals surface area contributed by atoms with Crippen LogP contribution in [0, 0.1) is 11.2 Å². The third-order valence-corrected chi connectivity index (χ3v) is 5.23. The first-order chi connectivity index (χ1) is 13.5. The number of carbonyl (C=O) groups is 3. The van der Waals surface area contributed by atoms with Gasteiger partial charge in [-0.1, -0.05) is 11.6 Å². The molecule has 1 aliphatic heterocycles. The summed E-state index contributed by atoms with van der Waals surface area (Å²) in [5.41, 5.74) is 5.62. The number of amides is 2. The predicted octanol–water partition coefficient (Wildman–Crippen LogP) is 2.28. The summed E-state index contributed by atoms with van der Waals surface area (Å²) in [4.78, 5) is 37.6. The summed E-state index contributed by atoms with van der Waals surface area (Å²) < 4.78 is 15.1. The zero-order valence-electron chi connectivity index (χ0n) is 15.9. The van der Waals surface area contributed by atoms with Crippen molar-refractivity contribution in [1.29, 1.82) is 0 Å². The van der Waals surface area contributed by atoms with Gasteiger partial charge in [-0.05, 0) is 32.0 Å². The van der Waals surface area contributed by atoms with Gasteiger partial charge in [-0.3, -0.25) is 19.1 Å². The Morgan fingerprint density at radius 3 is 2.59 bits per heavy atom. The summed E-state index contributed by atoms with van der Waals surface area (Å²) in [7, 11) is 0. The fourth-order valence-corrected chi connectivity index (χ4v) is 3.38. The normalized spacial score (nSPS) is 13.9. The average molecular weight is 423 g/mol. The van der Waals surface area contributed by atoms with Gasteiger partial charge in [-0.2, -0.15) is 5.10 Å². The Bertz CT molecular complexity index is 1020. The number of carbonyl (C=O) groups excluding carboxylic acids is 2. The van der Waals surface area contributed by atoms with E-state index in [1.54, 1.807) is 4.68 Å². The van der Waals surface area contributed by atoms with Gasteiger partial charge in [0.05, 0.1) is 34.8 Å². The molecule has 2 amide bonds. The third-order valence-electron chi connectivity index (χ3n) is 4.94. The number of primary amides is 1. The fourth-order valence-electron chi connectivity index (χ4n) is 3.20. The van der Waals surface area contributed by atoms with Crippen molar-refractivity contribution < 1.29 is 23.9 Å². The minimum absolute atomic E-state index is 0.0642. The molecule has 1 aliphatic rings. The van der Waals surface area contributed by atoms with E-state index in [0.29, 0.717) is 24.3 Å². The number of hydrogen-bond donors (Lipinski definition) is 2. The lowest BCUT2D eigenvalue weighted by Gasteiger charge is -2.30. The largest absolute Gasteiger partial charge is 0.481 e. The predicted molar refractivity (Wildman–Crippen MR) is 103 cm³/mol. The van der Waals surface area contributed by atoms with Gasteiger partial charge in [0.2, 0.25) is 5.91 Å². The first-order valence-corrected chi connectivity index (χ1v) is 9.25. The second-order valence-corrected chi connectivity index (χ2v) is 7.97. The number of halogens is 2. The van der Waals surface area contributed by atoms with Crippen LogP contribution in [0.15, 0.2) is 18.2 Å². The van der Waals surface area contributed by atoms with Gasteiger partial charge in [0, 0.05) is 18.5 Å². The van der Waals surface area contributed by atoms with E-state index in [1.165, 1.54) is 36.9 Å². The Morgan fingerprint density at radius 1 is 1.31 bits per heavy atom.